The molecule has 1 aliphatic rings. The molecule has 1 aromatic heterocycles. The molecule has 2 aromatic rings. The Hall–Kier alpha value is -1.79. The fraction of sp³-hybridized carbons (Fsp3) is 0.357. The number of nitro groups is 1. The highest BCUT2D eigenvalue weighted by Gasteiger charge is 2.28. The van der Waals surface area contributed by atoms with Crippen molar-refractivity contribution in [2.75, 3.05) is 6.54 Å². The highest BCUT2D eigenvalue weighted by atomic mass is 32.1. The van der Waals surface area contributed by atoms with E-state index < -0.39 is 4.92 Å². The van der Waals surface area contributed by atoms with Crippen LogP contribution in [0.25, 0.3) is 0 Å². The lowest BCUT2D eigenvalue weighted by Crippen LogP contribution is -2.14. The molecule has 1 aliphatic carbocycles. The molecule has 104 valence electrons. The largest absolute Gasteiger partial charge is 0.329 e. The summed E-state index contributed by atoms with van der Waals surface area (Å²) in [6.45, 7) is 0.450. The van der Waals surface area contributed by atoms with Crippen LogP contribution in [0.15, 0.2) is 29.6 Å². The van der Waals surface area contributed by atoms with E-state index in [2.05, 4.69) is 10.4 Å². The number of nitrogens with zero attached hydrogens (tertiary/aromatic N) is 2. The lowest BCUT2D eigenvalue weighted by atomic mass is 9.96. The van der Waals surface area contributed by atoms with E-state index in [9.17, 15) is 10.1 Å². The van der Waals surface area contributed by atoms with Crippen LogP contribution in [0.1, 0.15) is 40.9 Å². The molecule has 0 amide bonds. The number of benzene rings is 1. The third-order valence-electron chi connectivity index (χ3n) is 3.57. The quantitative estimate of drug-likeness (QED) is 0.677. The molecular formula is C14H15N3O2S. The standard InChI is InChI=1S/C14H15N3O2S/c15-7-12(9-3-5-11(6-4-9)17(18)19)13-8-20-14(16-13)10-1-2-10/h3-6,8,10,12H,1-2,7,15H2/t12-/m0/s1. The third kappa shape index (κ3) is 2.57. The average Bonchev–Trinajstić information content (AvgIpc) is 3.20. The van der Waals surface area contributed by atoms with Crippen molar-refractivity contribution in [1.29, 1.82) is 0 Å². The Balaban J connectivity index is 1.85. The number of nitrogens with two attached hydrogens (primary N) is 1. The highest BCUT2D eigenvalue weighted by molar-refractivity contribution is 7.09. The van der Waals surface area contributed by atoms with Gasteiger partial charge in [-0.25, -0.2) is 4.98 Å². The van der Waals surface area contributed by atoms with E-state index in [0.717, 1.165) is 11.3 Å². The maximum Gasteiger partial charge on any atom is 0.269 e. The van der Waals surface area contributed by atoms with Gasteiger partial charge < -0.3 is 5.73 Å². The third-order valence-corrected chi connectivity index (χ3v) is 4.59. The van der Waals surface area contributed by atoms with E-state index in [1.54, 1.807) is 23.5 Å². The monoisotopic (exact) mass is 289 g/mol. The number of non-ortho nitro benzene ring substituents is 1. The van der Waals surface area contributed by atoms with Gasteiger partial charge in [-0.15, -0.1) is 11.3 Å². The lowest BCUT2D eigenvalue weighted by molar-refractivity contribution is -0.384. The van der Waals surface area contributed by atoms with E-state index in [1.807, 2.05) is 0 Å². The van der Waals surface area contributed by atoms with E-state index in [1.165, 1.54) is 30.0 Å². The molecule has 1 atom stereocenters. The summed E-state index contributed by atoms with van der Waals surface area (Å²) in [6, 6.07) is 6.58. The number of aromatic nitrogens is 1. The van der Waals surface area contributed by atoms with Gasteiger partial charge in [0.05, 0.1) is 15.6 Å². The van der Waals surface area contributed by atoms with Crippen molar-refractivity contribution in [3.63, 3.8) is 0 Å². The van der Waals surface area contributed by atoms with Gasteiger partial charge in [0.25, 0.3) is 5.69 Å². The van der Waals surface area contributed by atoms with Crippen molar-refractivity contribution in [3.8, 4) is 0 Å². The molecule has 0 bridgehead atoms. The molecule has 0 unspecified atom stereocenters. The van der Waals surface area contributed by atoms with E-state index in [4.69, 9.17) is 5.73 Å². The smallest absolute Gasteiger partial charge is 0.269 e. The number of hydrogen-bond acceptors (Lipinski definition) is 5. The zero-order valence-corrected chi connectivity index (χ0v) is 11.7. The molecule has 2 N–H and O–H groups in total. The van der Waals surface area contributed by atoms with E-state index in [-0.39, 0.29) is 11.6 Å². The molecule has 6 heteroatoms. The molecule has 5 nitrogen and oxygen atoms in total. The first-order valence-corrected chi connectivity index (χ1v) is 7.46. The second kappa shape index (κ2) is 5.30. The van der Waals surface area contributed by atoms with Crippen molar-refractivity contribution in [3.05, 3.63) is 56.0 Å². The molecule has 1 heterocycles. The Labute approximate surface area is 120 Å². The van der Waals surface area contributed by atoms with Gasteiger partial charge in [0.15, 0.2) is 0 Å². The Morgan fingerprint density at radius 2 is 2.10 bits per heavy atom. The first kappa shape index (κ1) is 13.2. The number of nitro benzene ring substituents is 1. The second-order valence-electron chi connectivity index (χ2n) is 5.02. The minimum atomic E-state index is -0.394. The van der Waals surface area contributed by atoms with Crippen LogP contribution in [0.4, 0.5) is 5.69 Å². The van der Waals surface area contributed by atoms with Crippen molar-refractivity contribution in [2.24, 2.45) is 5.73 Å². The summed E-state index contributed by atoms with van der Waals surface area (Å²) < 4.78 is 0. The topological polar surface area (TPSA) is 82.0 Å². The predicted molar refractivity (Wildman–Crippen MR) is 78.1 cm³/mol. The van der Waals surface area contributed by atoms with Crippen molar-refractivity contribution in [2.45, 2.75) is 24.7 Å². The van der Waals surface area contributed by atoms with Crippen molar-refractivity contribution in [1.82, 2.24) is 4.98 Å². The van der Waals surface area contributed by atoms with Crippen LogP contribution >= 0.6 is 11.3 Å². The van der Waals surface area contributed by atoms with Gasteiger partial charge in [-0.2, -0.15) is 0 Å². The van der Waals surface area contributed by atoms with Crippen LogP contribution in [-0.4, -0.2) is 16.5 Å². The summed E-state index contributed by atoms with van der Waals surface area (Å²) in [6.07, 6.45) is 2.47. The van der Waals surface area contributed by atoms with Gasteiger partial charge in [0.1, 0.15) is 0 Å². The summed E-state index contributed by atoms with van der Waals surface area (Å²) in [7, 11) is 0. The first-order valence-electron chi connectivity index (χ1n) is 6.58. The minimum absolute atomic E-state index is 0.0135. The summed E-state index contributed by atoms with van der Waals surface area (Å²) in [5.41, 5.74) is 7.92. The Kier molecular flexibility index (Phi) is 3.50. The molecule has 0 spiro atoms. The Bertz CT molecular complexity index is 620. The molecule has 3 rings (SSSR count). The Morgan fingerprint density at radius 1 is 1.40 bits per heavy atom. The predicted octanol–water partition coefficient (Wildman–Crippen LogP) is 3.02. The number of hydrogen-bond donors (Lipinski definition) is 1. The van der Waals surface area contributed by atoms with Crippen molar-refractivity contribution >= 4 is 17.0 Å². The molecular weight excluding hydrogens is 274 g/mol. The average molecular weight is 289 g/mol. The van der Waals surface area contributed by atoms with Gasteiger partial charge in [0.2, 0.25) is 0 Å². The van der Waals surface area contributed by atoms with Gasteiger partial charge in [-0.3, -0.25) is 10.1 Å². The molecule has 0 saturated heterocycles. The summed E-state index contributed by atoms with van der Waals surface area (Å²) >= 11 is 1.69. The van der Waals surface area contributed by atoms with Crippen LogP contribution in [-0.2, 0) is 0 Å². The highest BCUT2D eigenvalue weighted by Crippen LogP contribution is 2.42. The van der Waals surface area contributed by atoms with Crippen LogP contribution in [0, 0.1) is 10.1 Å². The molecule has 0 aliphatic heterocycles. The first-order chi connectivity index (χ1) is 9.69. The molecule has 1 saturated carbocycles. The van der Waals surface area contributed by atoms with Gasteiger partial charge in [-0.05, 0) is 18.4 Å². The van der Waals surface area contributed by atoms with Gasteiger partial charge in [0, 0.05) is 35.9 Å². The van der Waals surface area contributed by atoms with E-state index >= 15 is 0 Å². The number of thiazole rings is 1. The van der Waals surface area contributed by atoms with Crippen LogP contribution in [0.2, 0.25) is 0 Å². The fourth-order valence-electron chi connectivity index (χ4n) is 2.23. The molecule has 1 aromatic carbocycles. The van der Waals surface area contributed by atoms with Gasteiger partial charge >= 0.3 is 0 Å². The normalized spacial score (nSPS) is 16.1. The molecule has 20 heavy (non-hydrogen) atoms. The summed E-state index contributed by atoms with van der Waals surface area (Å²) in [4.78, 5) is 15.0. The molecule has 0 radical (unpaired) electrons. The van der Waals surface area contributed by atoms with Crippen molar-refractivity contribution < 1.29 is 4.92 Å². The fourth-order valence-corrected chi connectivity index (χ4v) is 3.28. The maximum atomic E-state index is 10.7. The zero-order valence-electron chi connectivity index (χ0n) is 10.9. The second-order valence-corrected chi connectivity index (χ2v) is 5.91. The SMILES string of the molecule is NC[C@@H](c1ccc([N+](=O)[O-])cc1)c1csc(C2CC2)n1. The van der Waals surface area contributed by atoms with Gasteiger partial charge in [-0.1, -0.05) is 12.1 Å². The molecule has 1 fully saturated rings. The zero-order chi connectivity index (χ0) is 14.1. The summed E-state index contributed by atoms with van der Waals surface area (Å²) in [5, 5.41) is 13.9. The minimum Gasteiger partial charge on any atom is -0.329 e. The number of rotatable bonds is 5. The van der Waals surface area contributed by atoms with Crippen LogP contribution in [0.3, 0.4) is 0 Å². The summed E-state index contributed by atoms with van der Waals surface area (Å²) in [5.74, 6) is 0.656. The van der Waals surface area contributed by atoms with E-state index in [0.29, 0.717) is 12.5 Å². The maximum absolute atomic E-state index is 10.7. The van der Waals surface area contributed by atoms with Crippen LogP contribution < -0.4 is 5.73 Å². The lowest BCUT2D eigenvalue weighted by Gasteiger charge is -2.12. The Morgan fingerprint density at radius 3 is 2.65 bits per heavy atom. The van der Waals surface area contributed by atoms with Crippen LogP contribution in [0.5, 0.6) is 0 Å².